The van der Waals surface area contributed by atoms with Crippen LogP contribution in [0, 0.1) is 0 Å². The van der Waals surface area contributed by atoms with Crippen LogP contribution in [0.1, 0.15) is 11.1 Å². The third-order valence-electron chi connectivity index (χ3n) is 4.47. The van der Waals surface area contributed by atoms with E-state index in [0.29, 0.717) is 32.1 Å². The fourth-order valence-corrected chi connectivity index (χ4v) is 2.94. The molecule has 1 aromatic heterocycles. The van der Waals surface area contributed by atoms with Crippen LogP contribution in [0.15, 0.2) is 41.7 Å². The molecular formula is C18H21F3N6O. The van der Waals surface area contributed by atoms with E-state index in [1.54, 1.807) is 18.5 Å². The number of hydrogen-bond acceptors (Lipinski definition) is 5. The number of halogens is 3. The van der Waals surface area contributed by atoms with Crippen molar-refractivity contribution < 1.29 is 17.9 Å². The lowest BCUT2D eigenvalue weighted by molar-refractivity contribution is -0.138. The molecule has 10 heteroatoms. The molecule has 7 nitrogen and oxygen atoms in total. The Morgan fingerprint density at radius 2 is 1.86 bits per heavy atom. The number of nitrogens with zero attached hydrogens (tertiary/aromatic N) is 5. The highest BCUT2D eigenvalue weighted by atomic mass is 19.4. The van der Waals surface area contributed by atoms with Crippen LogP contribution < -0.4 is 15.4 Å². The lowest BCUT2D eigenvalue weighted by Crippen LogP contribution is -2.51. The quantitative estimate of drug-likeness (QED) is 0.632. The van der Waals surface area contributed by atoms with E-state index < -0.39 is 11.7 Å². The molecule has 1 aliphatic rings. The van der Waals surface area contributed by atoms with Gasteiger partial charge in [-0.1, -0.05) is 6.07 Å². The summed E-state index contributed by atoms with van der Waals surface area (Å²) in [5.74, 6) is 1.01. The molecule has 0 amide bonds. The highest BCUT2D eigenvalue weighted by Gasteiger charge is 2.33. The van der Waals surface area contributed by atoms with Crippen LogP contribution >= 0.6 is 0 Å². The summed E-state index contributed by atoms with van der Waals surface area (Å²) in [7, 11) is 1.32. The number of alkyl halides is 3. The molecule has 28 heavy (non-hydrogen) atoms. The van der Waals surface area contributed by atoms with E-state index in [0.717, 1.165) is 6.07 Å². The molecule has 1 aliphatic heterocycles. The summed E-state index contributed by atoms with van der Waals surface area (Å²) in [6.45, 7) is 2.31. The number of benzene rings is 1. The molecule has 2 heterocycles. The first-order valence-electron chi connectivity index (χ1n) is 8.69. The average Bonchev–Trinajstić information content (AvgIpc) is 2.72. The van der Waals surface area contributed by atoms with Gasteiger partial charge in [-0.3, -0.25) is 0 Å². The first-order chi connectivity index (χ1) is 13.4. The summed E-state index contributed by atoms with van der Waals surface area (Å²) in [5.41, 5.74) is 5.30. The van der Waals surface area contributed by atoms with E-state index in [1.807, 2.05) is 9.80 Å². The Labute approximate surface area is 160 Å². The first-order valence-corrected chi connectivity index (χ1v) is 8.69. The van der Waals surface area contributed by atoms with E-state index in [4.69, 9.17) is 10.5 Å². The van der Waals surface area contributed by atoms with Gasteiger partial charge in [-0.25, -0.2) is 15.0 Å². The van der Waals surface area contributed by atoms with Gasteiger partial charge in [0, 0.05) is 38.6 Å². The molecule has 0 unspecified atom stereocenters. The van der Waals surface area contributed by atoms with Crippen molar-refractivity contribution in [2.75, 3.05) is 38.2 Å². The van der Waals surface area contributed by atoms with Gasteiger partial charge in [-0.2, -0.15) is 13.2 Å². The van der Waals surface area contributed by atoms with Crippen molar-refractivity contribution in [2.24, 2.45) is 10.7 Å². The smallest absolute Gasteiger partial charge is 0.416 e. The van der Waals surface area contributed by atoms with Crippen LogP contribution in [0.5, 0.6) is 5.75 Å². The van der Waals surface area contributed by atoms with E-state index in [1.165, 1.54) is 19.2 Å². The number of nitrogens with two attached hydrogens (primary N) is 1. The van der Waals surface area contributed by atoms with Crippen LogP contribution in [-0.4, -0.2) is 54.1 Å². The fourth-order valence-electron chi connectivity index (χ4n) is 2.94. The topological polar surface area (TPSA) is 79.9 Å². The summed E-state index contributed by atoms with van der Waals surface area (Å²) < 4.78 is 44.7. The number of rotatable bonds is 4. The molecule has 0 atom stereocenters. The second-order valence-corrected chi connectivity index (χ2v) is 6.22. The van der Waals surface area contributed by atoms with Crippen molar-refractivity contribution in [1.29, 1.82) is 0 Å². The fraction of sp³-hybridized carbons (Fsp3) is 0.389. The van der Waals surface area contributed by atoms with E-state index in [2.05, 4.69) is 15.0 Å². The number of hydrogen-bond donors (Lipinski definition) is 1. The number of aliphatic imine (C=N–C) groups is 1. The Balaban J connectivity index is 1.65. The molecule has 1 saturated heterocycles. The molecule has 1 fully saturated rings. The summed E-state index contributed by atoms with van der Waals surface area (Å²) >= 11 is 0. The Bertz CT molecular complexity index is 820. The van der Waals surface area contributed by atoms with Crippen molar-refractivity contribution in [3.63, 3.8) is 0 Å². The van der Waals surface area contributed by atoms with Crippen LogP contribution in [0.25, 0.3) is 0 Å². The average molecular weight is 394 g/mol. The Hall–Kier alpha value is -3.04. The SMILES string of the molecule is COc1ccc(CN=C(N)N2CCN(c3ncccn3)CC2)c(C(F)(F)F)c1. The molecule has 0 saturated carbocycles. The highest BCUT2D eigenvalue weighted by molar-refractivity contribution is 5.78. The third-order valence-corrected chi connectivity index (χ3v) is 4.47. The van der Waals surface area contributed by atoms with Gasteiger partial charge < -0.3 is 20.3 Å². The molecule has 150 valence electrons. The van der Waals surface area contributed by atoms with Gasteiger partial charge in [0.15, 0.2) is 5.96 Å². The predicted octanol–water partition coefficient (Wildman–Crippen LogP) is 2.14. The molecular weight excluding hydrogens is 373 g/mol. The number of ether oxygens (including phenoxy) is 1. The zero-order chi connectivity index (χ0) is 20.1. The molecule has 2 aromatic rings. The molecule has 0 radical (unpaired) electrons. The number of methoxy groups -OCH3 is 1. The zero-order valence-corrected chi connectivity index (χ0v) is 15.4. The van der Waals surface area contributed by atoms with Gasteiger partial charge >= 0.3 is 6.18 Å². The monoisotopic (exact) mass is 394 g/mol. The van der Waals surface area contributed by atoms with Crippen LogP contribution in [-0.2, 0) is 12.7 Å². The summed E-state index contributed by atoms with van der Waals surface area (Å²) in [6.07, 6.45) is -1.13. The predicted molar refractivity (Wildman–Crippen MR) is 99.1 cm³/mol. The largest absolute Gasteiger partial charge is 0.497 e. The van der Waals surface area contributed by atoms with Crippen molar-refractivity contribution >= 4 is 11.9 Å². The number of aromatic nitrogens is 2. The summed E-state index contributed by atoms with van der Waals surface area (Å²) in [4.78, 5) is 16.5. The number of anilines is 1. The van der Waals surface area contributed by atoms with Crippen LogP contribution in [0.3, 0.4) is 0 Å². The number of piperazine rings is 1. The first kappa shape index (κ1) is 19.7. The Kier molecular flexibility index (Phi) is 5.86. The Morgan fingerprint density at radius 3 is 2.46 bits per heavy atom. The molecule has 3 rings (SSSR count). The van der Waals surface area contributed by atoms with E-state index >= 15 is 0 Å². The maximum Gasteiger partial charge on any atom is 0.416 e. The van der Waals surface area contributed by atoms with Gasteiger partial charge in [0.1, 0.15) is 5.75 Å². The van der Waals surface area contributed by atoms with Crippen LogP contribution in [0.2, 0.25) is 0 Å². The summed E-state index contributed by atoms with van der Waals surface area (Å²) in [5, 5.41) is 0. The van der Waals surface area contributed by atoms with Gasteiger partial charge in [-0.15, -0.1) is 0 Å². The lowest BCUT2D eigenvalue weighted by atomic mass is 10.1. The summed E-state index contributed by atoms with van der Waals surface area (Å²) in [6, 6.07) is 5.57. The number of guanidine groups is 1. The minimum atomic E-state index is -4.49. The molecule has 0 bridgehead atoms. The standard InChI is InChI=1S/C18H21F3N6O/c1-28-14-4-3-13(15(11-14)18(19,20)21)12-25-16(22)26-7-9-27(10-8-26)17-23-5-2-6-24-17/h2-6,11H,7-10,12H2,1H3,(H2,22,25). The van der Waals surface area contributed by atoms with Crippen molar-refractivity contribution in [1.82, 2.24) is 14.9 Å². The molecule has 2 N–H and O–H groups in total. The normalized spacial score (nSPS) is 15.6. The van der Waals surface area contributed by atoms with Crippen LogP contribution in [0.4, 0.5) is 19.1 Å². The maximum atomic E-state index is 13.3. The zero-order valence-electron chi connectivity index (χ0n) is 15.4. The van der Waals surface area contributed by atoms with Gasteiger partial charge in [0.2, 0.25) is 5.95 Å². The minimum Gasteiger partial charge on any atom is -0.497 e. The minimum absolute atomic E-state index is 0.0487. The van der Waals surface area contributed by atoms with E-state index in [9.17, 15) is 13.2 Å². The van der Waals surface area contributed by atoms with Crippen molar-refractivity contribution in [3.05, 3.63) is 47.8 Å². The highest BCUT2D eigenvalue weighted by Crippen LogP contribution is 2.34. The van der Waals surface area contributed by atoms with Crippen molar-refractivity contribution in [3.8, 4) is 5.75 Å². The second kappa shape index (κ2) is 8.32. The lowest BCUT2D eigenvalue weighted by Gasteiger charge is -2.35. The third kappa shape index (κ3) is 4.62. The van der Waals surface area contributed by atoms with E-state index in [-0.39, 0.29) is 23.8 Å². The molecule has 0 aliphatic carbocycles. The Morgan fingerprint density at radius 1 is 1.18 bits per heavy atom. The van der Waals surface area contributed by atoms with Gasteiger partial charge in [0.05, 0.1) is 19.2 Å². The second-order valence-electron chi connectivity index (χ2n) is 6.22. The molecule has 0 spiro atoms. The van der Waals surface area contributed by atoms with Crippen molar-refractivity contribution in [2.45, 2.75) is 12.7 Å². The van der Waals surface area contributed by atoms with Gasteiger partial charge in [0.25, 0.3) is 0 Å². The van der Waals surface area contributed by atoms with Gasteiger partial charge in [-0.05, 0) is 23.8 Å². The molecule has 1 aromatic carbocycles. The maximum absolute atomic E-state index is 13.3.